The summed E-state index contributed by atoms with van der Waals surface area (Å²) in [7, 11) is 0. The van der Waals surface area contributed by atoms with E-state index in [1.165, 1.54) is 17.4 Å². The highest BCUT2D eigenvalue weighted by Gasteiger charge is 2.05. The Morgan fingerprint density at radius 2 is 2.16 bits per heavy atom. The van der Waals surface area contributed by atoms with Crippen LogP contribution in [-0.2, 0) is 6.42 Å². The molecule has 0 saturated heterocycles. The maximum absolute atomic E-state index is 13.7. The Morgan fingerprint density at radius 1 is 1.37 bits per heavy atom. The molecule has 1 aromatic carbocycles. The van der Waals surface area contributed by atoms with E-state index >= 15 is 0 Å². The number of benzene rings is 1. The number of thiophene rings is 1. The van der Waals surface area contributed by atoms with Crippen molar-refractivity contribution in [3.05, 3.63) is 50.9 Å². The summed E-state index contributed by atoms with van der Waals surface area (Å²) in [6.45, 7) is 0.639. The number of nitrogens with two attached hydrogens (primary N) is 1. The lowest BCUT2D eigenvalue weighted by atomic mass is 10.2. The molecule has 6 heteroatoms. The van der Waals surface area contributed by atoms with Crippen LogP contribution in [0.15, 0.2) is 30.3 Å². The van der Waals surface area contributed by atoms with E-state index in [2.05, 4.69) is 5.32 Å². The first kappa shape index (κ1) is 14.2. The predicted octanol–water partition coefficient (Wildman–Crippen LogP) is 3.83. The Balaban J connectivity index is 1.94. The average molecular weight is 315 g/mol. The number of halogens is 2. The average Bonchev–Trinajstić information content (AvgIpc) is 2.77. The van der Waals surface area contributed by atoms with Crippen LogP contribution in [0.25, 0.3) is 0 Å². The van der Waals surface area contributed by atoms with Gasteiger partial charge in [0.2, 0.25) is 0 Å². The molecule has 100 valence electrons. The summed E-state index contributed by atoms with van der Waals surface area (Å²) in [5, 5.41) is 3.04. The molecular weight excluding hydrogens is 303 g/mol. The maximum atomic E-state index is 13.7. The molecule has 0 aliphatic rings. The van der Waals surface area contributed by atoms with Crippen molar-refractivity contribution in [1.29, 1.82) is 0 Å². The van der Waals surface area contributed by atoms with E-state index in [0.29, 0.717) is 17.8 Å². The second-order valence-corrected chi connectivity index (χ2v) is 6.18. The highest BCUT2D eigenvalue weighted by molar-refractivity contribution is 7.80. The molecule has 0 radical (unpaired) electrons. The zero-order valence-electron chi connectivity index (χ0n) is 9.95. The number of nitrogens with one attached hydrogen (secondary N) is 1. The molecule has 0 spiro atoms. The summed E-state index contributed by atoms with van der Waals surface area (Å²) in [5.74, 6) is -0.352. The van der Waals surface area contributed by atoms with Gasteiger partial charge in [-0.05, 0) is 36.8 Å². The maximum Gasteiger partial charge on any atom is 0.146 e. The zero-order valence-corrected chi connectivity index (χ0v) is 12.3. The first-order chi connectivity index (χ1) is 9.06. The molecule has 2 aromatic rings. The molecular formula is C13H12ClFN2S2. The van der Waals surface area contributed by atoms with Crippen molar-refractivity contribution in [3.8, 4) is 0 Å². The van der Waals surface area contributed by atoms with Gasteiger partial charge in [-0.3, -0.25) is 0 Å². The summed E-state index contributed by atoms with van der Waals surface area (Å²) < 4.78 is 14.5. The van der Waals surface area contributed by atoms with Crippen LogP contribution in [0.2, 0.25) is 4.34 Å². The number of hydrogen-bond donors (Lipinski definition) is 2. The van der Waals surface area contributed by atoms with Crippen LogP contribution < -0.4 is 11.1 Å². The third-order valence-electron chi connectivity index (χ3n) is 2.57. The van der Waals surface area contributed by atoms with Crippen molar-refractivity contribution >= 4 is 45.8 Å². The van der Waals surface area contributed by atoms with Crippen LogP contribution in [0.3, 0.4) is 0 Å². The van der Waals surface area contributed by atoms with Crippen LogP contribution >= 0.6 is 35.2 Å². The summed E-state index contributed by atoms with van der Waals surface area (Å²) in [4.78, 5) is 1.36. The fourth-order valence-electron chi connectivity index (χ4n) is 1.62. The lowest BCUT2D eigenvalue weighted by molar-refractivity contribution is 0.630. The molecule has 19 heavy (non-hydrogen) atoms. The summed E-state index contributed by atoms with van der Waals surface area (Å²) in [6.07, 6.45) is 0.799. The minimum atomic E-state index is -0.352. The topological polar surface area (TPSA) is 38.0 Å². The molecule has 1 aromatic heterocycles. The first-order valence-corrected chi connectivity index (χ1v) is 7.24. The summed E-state index contributed by atoms with van der Waals surface area (Å²) in [6, 6.07) is 8.52. The number of anilines is 1. The molecule has 0 aliphatic carbocycles. The highest BCUT2D eigenvalue weighted by atomic mass is 35.5. The highest BCUT2D eigenvalue weighted by Crippen LogP contribution is 2.22. The van der Waals surface area contributed by atoms with Crippen LogP contribution in [0.4, 0.5) is 10.1 Å². The standard InChI is InChI=1S/C13H12ClFN2S2/c14-12-4-2-9(19-12)5-6-17-11-3-1-8(13(16)18)7-10(11)15/h1-4,7,17H,5-6H2,(H2,16,18). The quantitative estimate of drug-likeness (QED) is 0.824. The first-order valence-electron chi connectivity index (χ1n) is 5.63. The zero-order chi connectivity index (χ0) is 13.8. The van der Waals surface area contributed by atoms with Crippen molar-refractivity contribution in [2.24, 2.45) is 5.73 Å². The van der Waals surface area contributed by atoms with Crippen LogP contribution in [0.1, 0.15) is 10.4 Å². The lowest BCUT2D eigenvalue weighted by Gasteiger charge is -2.08. The van der Waals surface area contributed by atoms with Gasteiger partial charge >= 0.3 is 0 Å². The SMILES string of the molecule is NC(=S)c1ccc(NCCc2ccc(Cl)s2)c(F)c1. The summed E-state index contributed by atoms with van der Waals surface area (Å²) >= 11 is 12.2. The monoisotopic (exact) mass is 314 g/mol. The van der Waals surface area contributed by atoms with Crippen molar-refractivity contribution in [2.45, 2.75) is 6.42 Å². The molecule has 2 rings (SSSR count). The Labute approximate surface area is 125 Å². The molecule has 0 aliphatic heterocycles. The molecule has 0 unspecified atom stereocenters. The van der Waals surface area contributed by atoms with Crippen LogP contribution in [0, 0.1) is 5.82 Å². The van der Waals surface area contributed by atoms with Gasteiger partial charge in [-0.1, -0.05) is 23.8 Å². The van der Waals surface area contributed by atoms with Crippen LogP contribution in [-0.4, -0.2) is 11.5 Å². The second-order valence-electron chi connectivity index (χ2n) is 3.94. The Bertz CT molecular complexity index is 598. The third-order valence-corrected chi connectivity index (χ3v) is 4.10. The van der Waals surface area contributed by atoms with Gasteiger partial charge in [0.15, 0.2) is 0 Å². The van der Waals surface area contributed by atoms with E-state index in [-0.39, 0.29) is 10.8 Å². The summed E-state index contributed by atoms with van der Waals surface area (Å²) in [5.41, 5.74) is 6.42. The van der Waals surface area contributed by atoms with E-state index in [1.54, 1.807) is 12.1 Å². The van der Waals surface area contributed by atoms with Gasteiger partial charge in [-0.2, -0.15) is 0 Å². The normalized spacial score (nSPS) is 10.4. The van der Waals surface area contributed by atoms with Gasteiger partial charge in [-0.15, -0.1) is 11.3 Å². The van der Waals surface area contributed by atoms with Crippen molar-refractivity contribution in [2.75, 3.05) is 11.9 Å². The lowest BCUT2D eigenvalue weighted by Crippen LogP contribution is -2.11. The molecule has 1 heterocycles. The molecule has 0 atom stereocenters. The van der Waals surface area contributed by atoms with Gasteiger partial charge in [0.25, 0.3) is 0 Å². The second kappa shape index (κ2) is 6.32. The predicted molar refractivity (Wildman–Crippen MR) is 83.8 cm³/mol. The number of hydrogen-bond acceptors (Lipinski definition) is 3. The van der Waals surface area contributed by atoms with Crippen molar-refractivity contribution in [1.82, 2.24) is 0 Å². The Morgan fingerprint density at radius 3 is 2.74 bits per heavy atom. The van der Waals surface area contributed by atoms with Gasteiger partial charge in [0.05, 0.1) is 10.0 Å². The van der Waals surface area contributed by atoms with Gasteiger partial charge < -0.3 is 11.1 Å². The molecule has 0 fully saturated rings. The largest absolute Gasteiger partial charge is 0.389 e. The van der Waals surface area contributed by atoms with E-state index in [0.717, 1.165) is 15.6 Å². The Hall–Kier alpha value is -1.17. The molecule has 3 N–H and O–H groups in total. The minimum Gasteiger partial charge on any atom is -0.389 e. The fourth-order valence-corrected chi connectivity index (χ4v) is 2.83. The van der Waals surface area contributed by atoms with E-state index in [1.807, 2.05) is 12.1 Å². The molecule has 0 saturated carbocycles. The smallest absolute Gasteiger partial charge is 0.146 e. The third kappa shape index (κ3) is 3.89. The van der Waals surface area contributed by atoms with Crippen molar-refractivity contribution in [3.63, 3.8) is 0 Å². The molecule has 0 amide bonds. The molecule has 0 bridgehead atoms. The minimum absolute atomic E-state index is 0.193. The van der Waals surface area contributed by atoms with Crippen LogP contribution in [0.5, 0.6) is 0 Å². The van der Waals surface area contributed by atoms with Gasteiger partial charge in [0, 0.05) is 17.0 Å². The molecule has 2 nitrogen and oxygen atoms in total. The number of rotatable bonds is 5. The van der Waals surface area contributed by atoms with E-state index in [4.69, 9.17) is 29.6 Å². The number of thiocarbonyl (C=S) groups is 1. The fraction of sp³-hybridized carbons (Fsp3) is 0.154. The van der Waals surface area contributed by atoms with Gasteiger partial charge in [-0.25, -0.2) is 4.39 Å². The Kier molecular flexibility index (Phi) is 4.74. The van der Waals surface area contributed by atoms with E-state index < -0.39 is 0 Å². The van der Waals surface area contributed by atoms with Gasteiger partial charge in [0.1, 0.15) is 10.8 Å². The van der Waals surface area contributed by atoms with Crippen molar-refractivity contribution < 1.29 is 4.39 Å². The van der Waals surface area contributed by atoms with E-state index in [9.17, 15) is 4.39 Å².